The lowest BCUT2D eigenvalue weighted by molar-refractivity contribution is -0.144. The van der Waals surface area contributed by atoms with Crippen molar-refractivity contribution in [1.82, 2.24) is 4.90 Å². The van der Waals surface area contributed by atoms with Crippen LogP contribution in [-0.4, -0.2) is 22.0 Å². The number of hydrogen-bond acceptors (Lipinski definition) is 2. The van der Waals surface area contributed by atoms with Crippen molar-refractivity contribution in [2.45, 2.75) is 31.7 Å². The third-order valence-corrected chi connectivity index (χ3v) is 4.89. The molecule has 0 aliphatic rings. The quantitative estimate of drug-likeness (QED) is 0.537. The number of carboxylic acid groups (broad SMARTS) is 1. The largest absolute Gasteiger partial charge is 0.480 e. The first-order valence-corrected chi connectivity index (χ1v) is 9.54. The molecule has 3 aromatic carbocycles. The fraction of sp³-hybridized carbons (Fsp3) is 0.208. The number of benzene rings is 3. The molecule has 6 heteroatoms. The third kappa shape index (κ3) is 5.94. The molecule has 3 rings (SSSR count). The van der Waals surface area contributed by atoms with E-state index in [9.17, 15) is 23.1 Å². The Hall–Kier alpha value is -3.12. The van der Waals surface area contributed by atoms with E-state index in [-0.39, 0.29) is 6.42 Å². The molecule has 1 N–H and O–H groups in total. The Balaban J connectivity index is 1.85. The lowest BCUT2D eigenvalue weighted by atomic mass is 10.0. The standard InChI is InChI=1S/C24H22F3NO2/c25-24(26,27)21-13-11-18(12-14-21)15-22(23(29)30)28(16-19-7-3-1-4-8-19)17-20-9-5-2-6-10-20/h1-14,22H,15-17H2,(H,29,30)/t22-/m0/s1. The van der Waals surface area contributed by atoms with E-state index in [0.29, 0.717) is 18.7 Å². The van der Waals surface area contributed by atoms with Crippen LogP contribution in [0.5, 0.6) is 0 Å². The smallest absolute Gasteiger partial charge is 0.416 e. The van der Waals surface area contributed by atoms with Crippen molar-refractivity contribution in [1.29, 1.82) is 0 Å². The third-order valence-electron chi connectivity index (χ3n) is 4.89. The van der Waals surface area contributed by atoms with Crippen LogP contribution in [0, 0.1) is 0 Å². The molecule has 0 amide bonds. The molecule has 0 fully saturated rings. The van der Waals surface area contributed by atoms with Crippen molar-refractivity contribution in [3.63, 3.8) is 0 Å². The molecule has 156 valence electrons. The van der Waals surface area contributed by atoms with E-state index in [2.05, 4.69) is 0 Å². The summed E-state index contributed by atoms with van der Waals surface area (Å²) in [7, 11) is 0. The molecule has 0 aliphatic heterocycles. The van der Waals surface area contributed by atoms with Gasteiger partial charge in [0.1, 0.15) is 6.04 Å². The Morgan fingerprint density at radius 2 is 1.23 bits per heavy atom. The second-order valence-corrected chi connectivity index (χ2v) is 7.13. The molecule has 0 unspecified atom stereocenters. The maximum absolute atomic E-state index is 12.8. The van der Waals surface area contributed by atoms with Crippen LogP contribution in [0.25, 0.3) is 0 Å². The van der Waals surface area contributed by atoms with Crippen LogP contribution in [0.15, 0.2) is 84.9 Å². The molecule has 0 spiro atoms. The lowest BCUT2D eigenvalue weighted by Crippen LogP contribution is -2.42. The molecule has 0 saturated heterocycles. The summed E-state index contributed by atoms with van der Waals surface area (Å²) in [5.41, 5.74) is 1.73. The molecule has 0 aromatic heterocycles. The minimum atomic E-state index is -4.42. The van der Waals surface area contributed by atoms with E-state index in [1.54, 1.807) is 0 Å². The van der Waals surface area contributed by atoms with Gasteiger partial charge in [0.05, 0.1) is 5.56 Å². The number of carboxylic acids is 1. The first-order chi connectivity index (χ1) is 14.3. The molecule has 0 bridgehead atoms. The van der Waals surface area contributed by atoms with Gasteiger partial charge in [-0.05, 0) is 35.2 Å². The average molecular weight is 413 g/mol. The average Bonchev–Trinajstić information content (AvgIpc) is 2.72. The number of hydrogen-bond donors (Lipinski definition) is 1. The maximum Gasteiger partial charge on any atom is 0.416 e. The zero-order valence-electron chi connectivity index (χ0n) is 16.2. The van der Waals surface area contributed by atoms with Gasteiger partial charge in [0.25, 0.3) is 0 Å². The number of nitrogens with zero attached hydrogens (tertiary/aromatic N) is 1. The van der Waals surface area contributed by atoms with E-state index >= 15 is 0 Å². The minimum Gasteiger partial charge on any atom is -0.480 e. The Morgan fingerprint density at radius 3 is 1.63 bits per heavy atom. The number of alkyl halides is 3. The van der Waals surface area contributed by atoms with E-state index in [0.717, 1.165) is 23.3 Å². The summed E-state index contributed by atoms with van der Waals surface area (Å²) in [5.74, 6) is -1.01. The molecule has 0 aliphatic carbocycles. The van der Waals surface area contributed by atoms with Crippen LogP contribution >= 0.6 is 0 Å². The van der Waals surface area contributed by atoms with Gasteiger partial charge in [-0.15, -0.1) is 0 Å². The topological polar surface area (TPSA) is 40.5 Å². The number of rotatable bonds is 8. The molecular weight excluding hydrogens is 391 g/mol. The second kappa shape index (κ2) is 9.59. The lowest BCUT2D eigenvalue weighted by Gasteiger charge is -2.29. The summed E-state index contributed by atoms with van der Waals surface area (Å²) < 4.78 is 38.5. The second-order valence-electron chi connectivity index (χ2n) is 7.13. The molecule has 1 atom stereocenters. The highest BCUT2D eigenvalue weighted by Crippen LogP contribution is 2.29. The van der Waals surface area contributed by atoms with Crippen LogP contribution in [0.2, 0.25) is 0 Å². The van der Waals surface area contributed by atoms with Crippen LogP contribution in [-0.2, 0) is 30.5 Å². The molecule has 3 nitrogen and oxygen atoms in total. The fourth-order valence-corrected chi connectivity index (χ4v) is 3.34. The van der Waals surface area contributed by atoms with E-state index < -0.39 is 23.8 Å². The van der Waals surface area contributed by atoms with E-state index in [4.69, 9.17) is 0 Å². The summed E-state index contributed by atoms with van der Waals surface area (Å²) in [5, 5.41) is 9.92. The highest BCUT2D eigenvalue weighted by molar-refractivity contribution is 5.74. The Bertz CT molecular complexity index is 900. The molecular formula is C24H22F3NO2. The van der Waals surface area contributed by atoms with Crippen LogP contribution in [0.1, 0.15) is 22.3 Å². The fourth-order valence-electron chi connectivity index (χ4n) is 3.34. The van der Waals surface area contributed by atoms with Crippen LogP contribution in [0.3, 0.4) is 0 Å². The van der Waals surface area contributed by atoms with Gasteiger partial charge >= 0.3 is 12.1 Å². The Labute approximate surface area is 173 Å². The van der Waals surface area contributed by atoms with Gasteiger partial charge in [0.15, 0.2) is 0 Å². The zero-order valence-corrected chi connectivity index (χ0v) is 16.2. The van der Waals surface area contributed by atoms with Gasteiger partial charge in [-0.3, -0.25) is 9.69 Å². The van der Waals surface area contributed by atoms with Gasteiger partial charge in [0, 0.05) is 13.1 Å². The Morgan fingerprint density at radius 1 is 0.767 bits per heavy atom. The molecule has 0 radical (unpaired) electrons. The summed E-state index contributed by atoms with van der Waals surface area (Å²) in [4.78, 5) is 14.0. The van der Waals surface area contributed by atoms with Crippen molar-refractivity contribution < 1.29 is 23.1 Å². The van der Waals surface area contributed by atoms with E-state index in [1.807, 2.05) is 65.6 Å². The van der Waals surface area contributed by atoms with Crippen molar-refractivity contribution >= 4 is 5.97 Å². The van der Waals surface area contributed by atoms with Gasteiger partial charge in [-0.1, -0.05) is 72.8 Å². The monoisotopic (exact) mass is 413 g/mol. The molecule has 30 heavy (non-hydrogen) atoms. The van der Waals surface area contributed by atoms with Crippen molar-refractivity contribution in [3.05, 3.63) is 107 Å². The first-order valence-electron chi connectivity index (χ1n) is 9.54. The van der Waals surface area contributed by atoms with Gasteiger partial charge in [-0.2, -0.15) is 13.2 Å². The summed E-state index contributed by atoms with van der Waals surface area (Å²) >= 11 is 0. The predicted molar refractivity (Wildman–Crippen MR) is 109 cm³/mol. The van der Waals surface area contributed by atoms with Gasteiger partial charge in [-0.25, -0.2) is 0 Å². The molecule has 0 heterocycles. The summed E-state index contributed by atoms with van der Waals surface area (Å²) in [6, 6.07) is 22.8. The highest BCUT2D eigenvalue weighted by atomic mass is 19.4. The number of aliphatic carboxylic acids is 1. The van der Waals surface area contributed by atoms with Crippen LogP contribution in [0.4, 0.5) is 13.2 Å². The minimum absolute atomic E-state index is 0.104. The zero-order chi connectivity index (χ0) is 21.6. The molecule has 3 aromatic rings. The number of halogens is 3. The maximum atomic E-state index is 12.8. The van der Waals surface area contributed by atoms with E-state index in [1.165, 1.54) is 12.1 Å². The molecule has 0 saturated carbocycles. The van der Waals surface area contributed by atoms with Crippen molar-refractivity contribution in [2.24, 2.45) is 0 Å². The van der Waals surface area contributed by atoms with Crippen LogP contribution < -0.4 is 0 Å². The predicted octanol–water partition coefficient (Wildman–Crippen LogP) is 5.40. The normalized spacial score (nSPS) is 12.7. The highest BCUT2D eigenvalue weighted by Gasteiger charge is 2.31. The summed E-state index contributed by atoms with van der Waals surface area (Å²) in [6.45, 7) is 0.820. The Kier molecular flexibility index (Phi) is 6.90. The number of carbonyl (C=O) groups is 1. The first kappa shape index (κ1) is 21.6. The van der Waals surface area contributed by atoms with Gasteiger partial charge in [0.2, 0.25) is 0 Å². The van der Waals surface area contributed by atoms with Crippen molar-refractivity contribution in [3.8, 4) is 0 Å². The van der Waals surface area contributed by atoms with Gasteiger partial charge < -0.3 is 5.11 Å². The summed E-state index contributed by atoms with van der Waals surface area (Å²) in [6.07, 6.45) is -4.31. The van der Waals surface area contributed by atoms with Crippen molar-refractivity contribution in [2.75, 3.05) is 0 Å². The SMILES string of the molecule is O=C(O)[C@H](Cc1ccc(C(F)(F)F)cc1)N(Cc1ccccc1)Cc1ccccc1.